The van der Waals surface area contributed by atoms with Crippen LogP contribution in [0, 0.1) is 10.1 Å². The number of benzene rings is 1. The van der Waals surface area contributed by atoms with Crippen LogP contribution in [-0.4, -0.2) is 13.3 Å². The van der Waals surface area contributed by atoms with Crippen molar-refractivity contribution in [1.29, 1.82) is 0 Å². The van der Waals surface area contributed by atoms with E-state index in [0.717, 1.165) is 0 Å². The van der Waals surface area contributed by atoms with Crippen molar-refractivity contribution in [1.82, 2.24) is 0 Å². The van der Waals surface area contributed by atoms with Crippen molar-refractivity contribution in [2.75, 3.05) is 0 Å². The molecule has 0 unspecified atom stereocenters. The molecule has 0 aromatic heterocycles. The van der Waals surface area contributed by atoms with Crippen LogP contribution in [0.15, 0.2) is 24.3 Å². The highest BCUT2D eigenvalue weighted by molar-refractivity contribution is 7.71. The predicted octanol–water partition coefficient (Wildman–Crippen LogP) is 0.706. The molecule has 1 aromatic rings. The van der Waals surface area contributed by atoms with Gasteiger partial charge in [-0.15, -0.1) is 0 Å². The lowest BCUT2D eigenvalue weighted by Gasteiger charge is -1.96. The van der Waals surface area contributed by atoms with E-state index in [1.165, 1.54) is 18.2 Å². The maximum absolute atomic E-state index is 10.4. The molecule has 0 bridgehead atoms. The summed E-state index contributed by atoms with van der Waals surface area (Å²) < 4.78 is 20.7. The van der Waals surface area contributed by atoms with Gasteiger partial charge < -0.3 is 0 Å². The third-order valence-electron chi connectivity index (χ3n) is 1.49. The van der Waals surface area contributed by atoms with Crippen LogP contribution in [0.1, 0.15) is 5.56 Å². The Bertz CT molecular complexity index is 391. The van der Waals surface area contributed by atoms with Crippen molar-refractivity contribution in [3.8, 4) is 0 Å². The van der Waals surface area contributed by atoms with Crippen LogP contribution in [0.25, 0.3) is 0 Å². The van der Waals surface area contributed by atoms with Crippen molar-refractivity contribution in [2.45, 2.75) is 5.75 Å². The Morgan fingerprint density at radius 3 is 2.46 bits per heavy atom. The molecule has 0 N–H and O–H groups in total. The number of para-hydroxylation sites is 1. The molecule has 0 aliphatic heterocycles. The molecule has 0 radical (unpaired) electrons. The number of hydrogen-bond acceptors (Lipinski definition) is 4. The molecule has 1 rings (SSSR count). The zero-order valence-corrected chi connectivity index (χ0v) is 7.44. The smallest absolute Gasteiger partial charge is 0.258 e. The molecule has 0 spiro atoms. The Kier molecular flexibility index (Phi) is 2.97. The molecule has 0 fully saturated rings. The average Bonchev–Trinajstić information content (AvgIpc) is 2.03. The van der Waals surface area contributed by atoms with Crippen molar-refractivity contribution in [3.63, 3.8) is 0 Å². The van der Waals surface area contributed by atoms with Gasteiger partial charge in [-0.05, 0) is 0 Å². The van der Waals surface area contributed by atoms with Crippen LogP contribution in [0.4, 0.5) is 5.69 Å². The SMILES string of the molecule is O=[N+]([O-])c1ccccc1C[SH](=O)=O. The lowest BCUT2D eigenvalue weighted by atomic mass is 10.2. The molecule has 0 saturated heterocycles. The second kappa shape index (κ2) is 3.99. The number of nitrogens with zero attached hydrogens (tertiary/aromatic N) is 1. The molecular weight excluding hydrogens is 194 g/mol. The van der Waals surface area contributed by atoms with Gasteiger partial charge in [-0.2, -0.15) is 0 Å². The van der Waals surface area contributed by atoms with Crippen LogP contribution in [0.3, 0.4) is 0 Å². The predicted molar refractivity (Wildman–Crippen MR) is 47.1 cm³/mol. The fraction of sp³-hybridized carbons (Fsp3) is 0.143. The third-order valence-corrected chi connectivity index (χ3v) is 2.09. The molecule has 6 heteroatoms. The first kappa shape index (κ1) is 9.66. The van der Waals surface area contributed by atoms with Gasteiger partial charge in [0.1, 0.15) is 10.7 Å². The van der Waals surface area contributed by atoms with Crippen LogP contribution >= 0.6 is 0 Å². The largest absolute Gasteiger partial charge is 0.273 e. The quantitative estimate of drug-likeness (QED) is 0.443. The Morgan fingerprint density at radius 1 is 1.31 bits per heavy atom. The first-order valence-corrected chi connectivity index (χ1v) is 4.81. The van der Waals surface area contributed by atoms with E-state index in [1.54, 1.807) is 6.07 Å². The van der Waals surface area contributed by atoms with Gasteiger partial charge in [0.2, 0.25) is 0 Å². The number of nitro groups is 1. The summed E-state index contributed by atoms with van der Waals surface area (Å²) in [5.74, 6) is -0.285. The summed E-state index contributed by atoms with van der Waals surface area (Å²) in [7, 11) is -2.62. The summed E-state index contributed by atoms with van der Waals surface area (Å²) >= 11 is 0. The van der Waals surface area contributed by atoms with E-state index in [4.69, 9.17) is 0 Å². The van der Waals surface area contributed by atoms with Crippen LogP contribution in [0.2, 0.25) is 0 Å². The number of nitro benzene ring substituents is 1. The summed E-state index contributed by atoms with van der Waals surface area (Å²) in [6.45, 7) is 0. The second-order valence-electron chi connectivity index (χ2n) is 2.38. The second-order valence-corrected chi connectivity index (χ2v) is 3.36. The Labute approximate surface area is 76.1 Å². The standard InChI is InChI=1S/C7H7NO4S/c9-8(10)7-4-2-1-3-6(7)5-13(11)12/h1-4,13H,5H2. The van der Waals surface area contributed by atoms with Gasteiger partial charge in [0.15, 0.2) is 0 Å². The summed E-state index contributed by atoms with van der Waals surface area (Å²) in [6, 6.07) is 5.79. The van der Waals surface area contributed by atoms with Gasteiger partial charge in [-0.1, -0.05) is 18.2 Å². The maximum atomic E-state index is 10.4. The lowest BCUT2D eigenvalue weighted by Crippen LogP contribution is -1.95. The van der Waals surface area contributed by atoms with E-state index in [1.807, 2.05) is 0 Å². The lowest BCUT2D eigenvalue weighted by molar-refractivity contribution is -0.385. The minimum absolute atomic E-state index is 0.151. The molecule has 0 amide bonds. The molecule has 0 aliphatic rings. The normalized spacial score (nSPS) is 10.2. The van der Waals surface area contributed by atoms with Crippen LogP contribution < -0.4 is 0 Å². The van der Waals surface area contributed by atoms with Crippen molar-refractivity contribution >= 4 is 16.4 Å². The van der Waals surface area contributed by atoms with E-state index in [-0.39, 0.29) is 17.0 Å². The highest BCUT2D eigenvalue weighted by atomic mass is 32.2. The molecule has 1 aromatic carbocycles. The average molecular weight is 201 g/mol. The van der Waals surface area contributed by atoms with Crippen molar-refractivity contribution in [3.05, 3.63) is 39.9 Å². The Balaban J connectivity index is 3.11. The van der Waals surface area contributed by atoms with E-state index in [2.05, 4.69) is 0 Å². The summed E-state index contributed by atoms with van der Waals surface area (Å²) in [6.07, 6.45) is 0. The van der Waals surface area contributed by atoms with Gasteiger partial charge in [0.25, 0.3) is 5.69 Å². The summed E-state index contributed by atoms with van der Waals surface area (Å²) in [4.78, 5) is 9.82. The first-order chi connectivity index (χ1) is 6.11. The number of thiol groups is 1. The summed E-state index contributed by atoms with van der Waals surface area (Å²) in [5, 5.41) is 10.4. The molecule has 0 atom stereocenters. The van der Waals surface area contributed by atoms with Crippen molar-refractivity contribution < 1.29 is 13.3 Å². The van der Waals surface area contributed by atoms with E-state index < -0.39 is 15.6 Å². The van der Waals surface area contributed by atoms with E-state index >= 15 is 0 Å². The Morgan fingerprint density at radius 2 is 1.92 bits per heavy atom. The fourth-order valence-corrected chi connectivity index (χ4v) is 1.51. The monoisotopic (exact) mass is 201 g/mol. The first-order valence-electron chi connectivity index (χ1n) is 3.45. The van der Waals surface area contributed by atoms with Gasteiger partial charge in [-0.3, -0.25) is 10.1 Å². The molecule has 0 saturated carbocycles. The third kappa shape index (κ3) is 2.51. The van der Waals surface area contributed by atoms with Crippen molar-refractivity contribution in [2.24, 2.45) is 0 Å². The van der Waals surface area contributed by atoms with Crippen LogP contribution in [-0.2, 0) is 16.5 Å². The maximum Gasteiger partial charge on any atom is 0.273 e. The fourth-order valence-electron chi connectivity index (χ4n) is 0.962. The zero-order chi connectivity index (χ0) is 9.84. The molecule has 5 nitrogen and oxygen atoms in total. The van der Waals surface area contributed by atoms with Gasteiger partial charge >= 0.3 is 0 Å². The summed E-state index contributed by atoms with van der Waals surface area (Å²) in [5.41, 5.74) is 0.0744. The molecule has 70 valence electrons. The topological polar surface area (TPSA) is 77.3 Å². The minimum Gasteiger partial charge on any atom is -0.258 e. The number of rotatable bonds is 3. The molecule has 13 heavy (non-hydrogen) atoms. The highest BCUT2D eigenvalue weighted by Gasteiger charge is 2.11. The van der Waals surface area contributed by atoms with Gasteiger partial charge in [-0.25, -0.2) is 8.42 Å². The van der Waals surface area contributed by atoms with Crippen LogP contribution in [0.5, 0.6) is 0 Å². The van der Waals surface area contributed by atoms with Gasteiger partial charge in [0, 0.05) is 11.6 Å². The van der Waals surface area contributed by atoms with Gasteiger partial charge in [0.05, 0.1) is 10.7 Å². The highest BCUT2D eigenvalue weighted by Crippen LogP contribution is 2.17. The molecule has 0 heterocycles. The molecule has 0 aliphatic carbocycles. The Hall–Kier alpha value is -1.43. The minimum atomic E-state index is -2.62. The number of hydrogen-bond donors (Lipinski definition) is 1. The zero-order valence-electron chi connectivity index (χ0n) is 6.54. The van der Waals surface area contributed by atoms with E-state index in [9.17, 15) is 18.5 Å². The van der Waals surface area contributed by atoms with E-state index in [0.29, 0.717) is 0 Å². The molecular formula is C7H7NO4S.